The number of carbonyl (C=O) groups is 1. The lowest BCUT2D eigenvalue weighted by Gasteiger charge is -2.22. The lowest BCUT2D eigenvalue weighted by Crippen LogP contribution is -2.37. The van der Waals surface area contributed by atoms with Crippen LogP contribution in [0.25, 0.3) is 0 Å². The number of halogens is 3. The predicted molar refractivity (Wildman–Crippen MR) is 98.2 cm³/mol. The van der Waals surface area contributed by atoms with Crippen molar-refractivity contribution in [2.24, 2.45) is 0 Å². The summed E-state index contributed by atoms with van der Waals surface area (Å²) < 4.78 is 62.9. The molecule has 0 spiro atoms. The molecule has 0 aliphatic carbocycles. The highest BCUT2D eigenvalue weighted by Gasteiger charge is 2.30. The van der Waals surface area contributed by atoms with E-state index in [9.17, 15) is 26.4 Å². The minimum absolute atomic E-state index is 0.0268. The molecule has 0 aliphatic heterocycles. The van der Waals surface area contributed by atoms with Gasteiger partial charge in [-0.1, -0.05) is 6.07 Å². The first-order valence-electron chi connectivity index (χ1n) is 7.89. The Morgan fingerprint density at radius 2 is 1.56 bits per heavy atom. The van der Waals surface area contributed by atoms with Gasteiger partial charge in [0.05, 0.1) is 17.5 Å². The van der Waals surface area contributed by atoms with Gasteiger partial charge in [0.2, 0.25) is 15.9 Å². The number of rotatable bonds is 5. The minimum Gasteiger partial charge on any atom is -0.324 e. The number of nitrogens with zero attached hydrogens (tertiary/aromatic N) is 1. The molecule has 0 unspecified atom stereocenters. The highest BCUT2D eigenvalue weighted by molar-refractivity contribution is 7.92. The SMILES string of the molecule is Cc1cc(C)cc(NC(=O)CN(c2ccc(C(F)(F)F)cc2)S(C)(=O)=O)c1. The summed E-state index contributed by atoms with van der Waals surface area (Å²) >= 11 is 0. The number of carbonyl (C=O) groups excluding carboxylic acids is 1. The number of nitrogens with one attached hydrogen (secondary N) is 1. The van der Waals surface area contributed by atoms with Gasteiger partial charge in [0, 0.05) is 5.69 Å². The van der Waals surface area contributed by atoms with Crippen LogP contribution in [0.5, 0.6) is 0 Å². The van der Waals surface area contributed by atoms with Crippen molar-refractivity contribution in [1.29, 1.82) is 0 Å². The van der Waals surface area contributed by atoms with E-state index < -0.39 is 34.2 Å². The third-order valence-corrected chi connectivity index (χ3v) is 4.82. The molecule has 0 aliphatic rings. The number of sulfonamides is 1. The number of alkyl halides is 3. The van der Waals surface area contributed by atoms with Crippen LogP contribution in [0.1, 0.15) is 16.7 Å². The fraction of sp³-hybridized carbons (Fsp3) is 0.278. The number of amides is 1. The van der Waals surface area contributed by atoms with Gasteiger partial charge >= 0.3 is 6.18 Å². The number of hydrogen-bond donors (Lipinski definition) is 1. The predicted octanol–water partition coefficient (Wildman–Crippen LogP) is 3.73. The molecule has 0 fully saturated rings. The molecule has 0 saturated heterocycles. The Morgan fingerprint density at radius 3 is 2.00 bits per heavy atom. The van der Waals surface area contributed by atoms with E-state index in [1.54, 1.807) is 12.1 Å². The Balaban J connectivity index is 2.23. The van der Waals surface area contributed by atoms with Crippen LogP contribution in [0.3, 0.4) is 0 Å². The Morgan fingerprint density at radius 1 is 1.04 bits per heavy atom. The maximum absolute atomic E-state index is 12.7. The Kier molecular flexibility index (Phi) is 5.84. The van der Waals surface area contributed by atoms with E-state index >= 15 is 0 Å². The van der Waals surface area contributed by atoms with E-state index in [2.05, 4.69) is 5.32 Å². The van der Waals surface area contributed by atoms with Crippen LogP contribution in [0, 0.1) is 13.8 Å². The van der Waals surface area contributed by atoms with Crippen molar-refractivity contribution in [2.45, 2.75) is 20.0 Å². The number of hydrogen-bond acceptors (Lipinski definition) is 3. The highest BCUT2D eigenvalue weighted by atomic mass is 32.2. The monoisotopic (exact) mass is 400 g/mol. The molecule has 2 rings (SSSR count). The van der Waals surface area contributed by atoms with Crippen molar-refractivity contribution in [1.82, 2.24) is 0 Å². The molecule has 27 heavy (non-hydrogen) atoms. The van der Waals surface area contributed by atoms with Crippen molar-refractivity contribution in [3.8, 4) is 0 Å². The largest absolute Gasteiger partial charge is 0.416 e. The van der Waals surface area contributed by atoms with Crippen molar-refractivity contribution < 1.29 is 26.4 Å². The van der Waals surface area contributed by atoms with Crippen LogP contribution >= 0.6 is 0 Å². The molecule has 1 N–H and O–H groups in total. The van der Waals surface area contributed by atoms with Crippen molar-refractivity contribution in [3.63, 3.8) is 0 Å². The van der Waals surface area contributed by atoms with Gasteiger partial charge in [-0.05, 0) is 61.4 Å². The van der Waals surface area contributed by atoms with Gasteiger partial charge < -0.3 is 5.32 Å². The van der Waals surface area contributed by atoms with Crippen LogP contribution in [0.2, 0.25) is 0 Å². The van der Waals surface area contributed by atoms with Crippen LogP contribution < -0.4 is 9.62 Å². The molecular weight excluding hydrogens is 381 g/mol. The number of anilines is 2. The average Bonchev–Trinajstić information content (AvgIpc) is 2.50. The normalized spacial score (nSPS) is 11.9. The van der Waals surface area contributed by atoms with Crippen LogP contribution in [-0.2, 0) is 21.0 Å². The summed E-state index contributed by atoms with van der Waals surface area (Å²) in [6.07, 6.45) is -3.65. The second-order valence-corrected chi connectivity index (χ2v) is 8.15. The summed E-state index contributed by atoms with van der Waals surface area (Å²) in [7, 11) is -3.88. The first kappa shape index (κ1) is 20.8. The molecule has 9 heteroatoms. The second-order valence-electron chi connectivity index (χ2n) is 6.24. The molecule has 2 aromatic rings. The second kappa shape index (κ2) is 7.59. The first-order chi connectivity index (χ1) is 12.4. The zero-order valence-electron chi connectivity index (χ0n) is 15.0. The lowest BCUT2D eigenvalue weighted by molar-refractivity contribution is -0.137. The summed E-state index contributed by atoms with van der Waals surface area (Å²) in [4.78, 5) is 12.3. The molecule has 0 bridgehead atoms. The van der Waals surface area contributed by atoms with Gasteiger partial charge in [-0.25, -0.2) is 8.42 Å². The molecule has 1 amide bonds. The Labute approximate surface area is 155 Å². The third kappa shape index (κ3) is 5.72. The molecule has 2 aromatic carbocycles. The van der Waals surface area contributed by atoms with Gasteiger partial charge in [0.1, 0.15) is 6.54 Å². The standard InChI is InChI=1S/C18H19F3N2O3S/c1-12-8-13(2)10-15(9-12)22-17(24)11-23(27(3,25)26)16-6-4-14(5-7-16)18(19,20)21/h4-10H,11H2,1-3H3,(H,22,24). The highest BCUT2D eigenvalue weighted by Crippen LogP contribution is 2.31. The van der Waals surface area contributed by atoms with Crippen molar-refractivity contribution in [2.75, 3.05) is 22.4 Å². The zero-order chi connectivity index (χ0) is 20.4. The summed E-state index contributed by atoms with van der Waals surface area (Å²) in [6.45, 7) is 3.15. The van der Waals surface area contributed by atoms with Crippen molar-refractivity contribution >= 4 is 27.3 Å². The molecule has 0 aromatic heterocycles. The van der Waals surface area contributed by atoms with E-state index in [0.717, 1.165) is 46.0 Å². The number of aryl methyl sites for hydroxylation is 2. The van der Waals surface area contributed by atoms with Gasteiger partial charge in [-0.3, -0.25) is 9.10 Å². The fourth-order valence-electron chi connectivity index (χ4n) is 2.59. The Bertz CT molecular complexity index is 919. The van der Waals surface area contributed by atoms with Crippen molar-refractivity contribution in [3.05, 3.63) is 59.2 Å². The molecule has 146 valence electrons. The summed E-state index contributed by atoms with van der Waals surface area (Å²) in [6, 6.07) is 8.97. The third-order valence-electron chi connectivity index (χ3n) is 3.68. The molecular formula is C18H19F3N2O3S. The van der Waals surface area contributed by atoms with E-state index in [1.807, 2.05) is 19.9 Å². The fourth-order valence-corrected chi connectivity index (χ4v) is 3.45. The van der Waals surface area contributed by atoms with Gasteiger partial charge in [0.15, 0.2) is 0 Å². The molecule has 0 saturated carbocycles. The molecule has 0 atom stereocenters. The zero-order valence-corrected chi connectivity index (χ0v) is 15.8. The number of benzene rings is 2. The van der Waals surface area contributed by atoms with Gasteiger partial charge in [-0.2, -0.15) is 13.2 Å². The average molecular weight is 400 g/mol. The smallest absolute Gasteiger partial charge is 0.324 e. The van der Waals surface area contributed by atoms with E-state index in [4.69, 9.17) is 0 Å². The maximum atomic E-state index is 12.7. The van der Waals surface area contributed by atoms with Gasteiger partial charge in [0.25, 0.3) is 0 Å². The van der Waals surface area contributed by atoms with E-state index in [1.165, 1.54) is 0 Å². The quantitative estimate of drug-likeness (QED) is 0.832. The minimum atomic E-state index is -4.53. The van der Waals surface area contributed by atoms with Gasteiger partial charge in [-0.15, -0.1) is 0 Å². The first-order valence-corrected chi connectivity index (χ1v) is 9.74. The van der Waals surface area contributed by atoms with E-state index in [0.29, 0.717) is 5.69 Å². The van der Waals surface area contributed by atoms with Crippen LogP contribution in [0.15, 0.2) is 42.5 Å². The summed E-state index contributed by atoms with van der Waals surface area (Å²) in [5.41, 5.74) is 1.43. The summed E-state index contributed by atoms with van der Waals surface area (Å²) in [5.74, 6) is -0.606. The Hall–Kier alpha value is -2.55. The maximum Gasteiger partial charge on any atom is 0.416 e. The molecule has 0 heterocycles. The lowest BCUT2D eigenvalue weighted by atomic mass is 10.1. The van der Waals surface area contributed by atoms with Crippen LogP contribution in [-0.4, -0.2) is 27.1 Å². The summed E-state index contributed by atoms with van der Waals surface area (Å²) in [5, 5.41) is 2.61. The molecule has 5 nitrogen and oxygen atoms in total. The van der Waals surface area contributed by atoms with Crippen LogP contribution in [0.4, 0.5) is 24.5 Å². The molecule has 0 radical (unpaired) electrons. The topological polar surface area (TPSA) is 66.5 Å². The van der Waals surface area contributed by atoms with E-state index in [-0.39, 0.29) is 5.69 Å².